The summed E-state index contributed by atoms with van der Waals surface area (Å²) in [4.78, 5) is 25.1. The van der Waals surface area contributed by atoms with Gasteiger partial charge in [-0.05, 0) is 54.2 Å². The lowest BCUT2D eigenvalue weighted by Crippen LogP contribution is -2.41. The number of carbonyl (C=O) groups is 2. The maximum absolute atomic E-state index is 12.6. The first kappa shape index (κ1) is 15.3. The number of primary amides is 1. The average molecular weight is 318 g/mol. The largest absolute Gasteiger partial charge is 0.446 e. The Bertz CT molecular complexity index is 721. The number of nitrogens with zero attached hydrogens (tertiary/aromatic N) is 3. The first-order valence-corrected chi connectivity index (χ1v) is 7.50. The second kappa shape index (κ2) is 6.23. The fourth-order valence-electron chi connectivity index (χ4n) is 3.00. The number of hydrogen-bond donors (Lipinski definition) is 1. The summed E-state index contributed by atoms with van der Waals surface area (Å²) in [6.45, 7) is 0. The molecule has 1 aliphatic rings. The lowest BCUT2D eigenvalue weighted by atomic mass is 9.91. The van der Waals surface area contributed by atoms with Gasteiger partial charge in [0.05, 0.1) is 0 Å². The van der Waals surface area contributed by atoms with Crippen LogP contribution in [0.4, 0.5) is 4.79 Å². The van der Waals surface area contributed by atoms with Crippen molar-refractivity contribution in [3.8, 4) is 0 Å². The number of aromatic nitrogens is 2. The van der Waals surface area contributed by atoms with Crippen molar-refractivity contribution in [3.63, 3.8) is 0 Å². The minimum Gasteiger partial charge on any atom is -0.446 e. The third-order valence-corrected chi connectivity index (χ3v) is 4.30. The molecule has 1 heterocycles. The standard InChI is InChI=1S/C15H18N4O4/c1-19(10-3-5-11(6-4-10)22-15(16)21)14(20)9-2-7-12-13(8-9)18-23-17-12/h2,7-8,10-11H,3-6H2,1H3,(H2,16,21). The maximum atomic E-state index is 12.6. The van der Waals surface area contributed by atoms with Crippen LogP contribution in [0.5, 0.6) is 0 Å². The van der Waals surface area contributed by atoms with Crippen molar-refractivity contribution >= 4 is 23.0 Å². The Balaban J connectivity index is 1.64. The van der Waals surface area contributed by atoms with E-state index in [0.717, 1.165) is 12.8 Å². The molecule has 0 saturated heterocycles. The maximum Gasteiger partial charge on any atom is 0.404 e. The van der Waals surface area contributed by atoms with Crippen molar-refractivity contribution in [2.75, 3.05) is 7.05 Å². The van der Waals surface area contributed by atoms with E-state index < -0.39 is 6.09 Å². The van der Waals surface area contributed by atoms with Gasteiger partial charge in [0.2, 0.25) is 0 Å². The number of amides is 2. The summed E-state index contributed by atoms with van der Waals surface area (Å²) in [6, 6.07) is 5.21. The van der Waals surface area contributed by atoms with Crippen LogP contribution >= 0.6 is 0 Å². The van der Waals surface area contributed by atoms with Crippen LogP contribution in [0.3, 0.4) is 0 Å². The van der Waals surface area contributed by atoms with Crippen molar-refractivity contribution in [2.45, 2.75) is 37.8 Å². The molecule has 1 aromatic heterocycles. The van der Waals surface area contributed by atoms with Crippen LogP contribution in [0.15, 0.2) is 22.8 Å². The summed E-state index contributed by atoms with van der Waals surface area (Å²) in [6.07, 6.45) is 2.06. The van der Waals surface area contributed by atoms with Crippen molar-refractivity contribution in [1.82, 2.24) is 15.2 Å². The first-order chi connectivity index (χ1) is 11.0. The van der Waals surface area contributed by atoms with Crippen LogP contribution < -0.4 is 5.73 Å². The molecule has 2 amide bonds. The van der Waals surface area contributed by atoms with Gasteiger partial charge in [-0.3, -0.25) is 4.79 Å². The monoisotopic (exact) mass is 318 g/mol. The van der Waals surface area contributed by atoms with Gasteiger partial charge in [0, 0.05) is 18.7 Å². The van der Waals surface area contributed by atoms with E-state index in [2.05, 4.69) is 14.9 Å². The molecule has 2 aromatic rings. The molecule has 0 spiro atoms. The summed E-state index contributed by atoms with van der Waals surface area (Å²) in [7, 11) is 1.79. The van der Waals surface area contributed by atoms with Gasteiger partial charge >= 0.3 is 6.09 Å². The number of nitrogens with two attached hydrogens (primary N) is 1. The van der Waals surface area contributed by atoms with Crippen molar-refractivity contribution < 1.29 is 19.0 Å². The van der Waals surface area contributed by atoms with Crippen molar-refractivity contribution in [1.29, 1.82) is 0 Å². The quantitative estimate of drug-likeness (QED) is 0.922. The highest BCUT2D eigenvalue weighted by Gasteiger charge is 2.28. The molecular formula is C15H18N4O4. The molecule has 23 heavy (non-hydrogen) atoms. The molecule has 2 N–H and O–H groups in total. The Morgan fingerprint density at radius 2 is 1.91 bits per heavy atom. The highest BCUT2D eigenvalue weighted by atomic mass is 16.6. The molecule has 0 unspecified atom stereocenters. The lowest BCUT2D eigenvalue weighted by Gasteiger charge is -2.34. The average Bonchev–Trinajstić information content (AvgIpc) is 3.01. The van der Waals surface area contributed by atoms with Gasteiger partial charge in [0.25, 0.3) is 5.91 Å². The van der Waals surface area contributed by atoms with E-state index in [1.54, 1.807) is 30.1 Å². The highest BCUT2D eigenvalue weighted by molar-refractivity contribution is 5.97. The van der Waals surface area contributed by atoms with Gasteiger partial charge in [0.1, 0.15) is 17.1 Å². The molecule has 1 aromatic carbocycles. The topological polar surface area (TPSA) is 112 Å². The number of ether oxygens (including phenoxy) is 1. The molecular weight excluding hydrogens is 300 g/mol. The minimum absolute atomic E-state index is 0.0748. The second-order valence-corrected chi connectivity index (χ2v) is 5.75. The summed E-state index contributed by atoms with van der Waals surface area (Å²) in [5.74, 6) is -0.0748. The van der Waals surface area contributed by atoms with Gasteiger partial charge in [0.15, 0.2) is 0 Å². The molecule has 122 valence electrons. The highest BCUT2D eigenvalue weighted by Crippen LogP contribution is 2.25. The predicted octanol–water partition coefficient (Wildman–Crippen LogP) is 1.70. The SMILES string of the molecule is CN(C(=O)c1ccc2nonc2c1)C1CCC(OC(N)=O)CC1. The normalized spacial score (nSPS) is 21.1. The van der Waals surface area contributed by atoms with Crippen LogP contribution in [0.25, 0.3) is 11.0 Å². The summed E-state index contributed by atoms with van der Waals surface area (Å²) in [5, 5.41) is 7.48. The second-order valence-electron chi connectivity index (χ2n) is 5.75. The van der Waals surface area contributed by atoms with Gasteiger partial charge < -0.3 is 15.4 Å². The van der Waals surface area contributed by atoms with Crippen LogP contribution in [-0.2, 0) is 4.74 Å². The van der Waals surface area contributed by atoms with Crippen LogP contribution in [-0.4, -0.2) is 46.4 Å². The van der Waals surface area contributed by atoms with E-state index >= 15 is 0 Å². The van der Waals surface area contributed by atoms with Gasteiger partial charge in [-0.1, -0.05) is 0 Å². The van der Waals surface area contributed by atoms with Gasteiger partial charge in [-0.15, -0.1) is 0 Å². The van der Waals surface area contributed by atoms with Crippen molar-refractivity contribution in [3.05, 3.63) is 23.8 Å². The van der Waals surface area contributed by atoms with Gasteiger partial charge in [-0.2, -0.15) is 0 Å². The summed E-state index contributed by atoms with van der Waals surface area (Å²) >= 11 is 0. The molecule has 1 fully saturated rings. The molecule has 8 nitrogen and oxygen atoms in total. The Kier molecular flexibility index (Phi) is 4.14. The zero-order valence-corrected chi connectivity index (χ0v) is 12.8. The van der Waals surface area contributed by atoms with Crippen LogP contribution in [0.1, 0.15) is 36.0 Å². The van der Waals surface area contributed by atoms with Crippen LogP contribution in [0, 0.1) is 0 Å². The summed E-state index contributed by atoms with van der Waals surface area (Å²) < 4.78 is 9.66. The van der Waals surface area contributed by atoms with Gasteiger partial charge in [-0.25, -0.2) is 9.42 Å². The molecule has 0 aliphatic heterocycles. The number of carbonyl (C=O) groups excluding carboxylic acids is 2. The number of rotatable bonds is 3. The number of fused-ring (bicyclic) bond motifs is 1. The third kappa shape index (κ3) is 3.25. The van der Waals surface area contributed by atoms with E-state index in [-0.39, 0.29) is 18.1 Å². The zero-order chi connectivity index (χ0) is 16.4. The lowest BCUT2D eigenvalue weighted by molar-refractivity contribution is 0.0479. The zero-order valence-electron chi connectivity index (χ0n) is 12.8. The molecule has 0 radical (unpaired) electrons. The van der Waals surface area contributed by atoms with E-state index in [4.69, 9.17) is 10.5 Å². The Hall–Kier alpha value is -2.64. The first-order valence-electron chi connectivity index (χ1n) is 7.50. The smallest absolute Gasteiger partial charge is 0.404 e. The molecule has 8 heteroatoms. The van der Waals surface area contributed by atoms with E-state index in [1.807, 2.05) is 0 Å². The molecule has 1 saturated carbocycles. The number of benzene rings is 1. The Labute approximate surface area is 132 Å². The fraction of sp³-hybridized carbons (Fsp3) is 0.467. The Morgan fingerprint density at radius 3 is 2.61 bits per heavy atom. The van der Waals surface area contributed by atoms with Crippen molar-refractivity contribution in [2.24, 2.45) is 5.73 Å². The van der Waals surface area contributed by atoms with E-state index in [9.17, 15) is 9.59 Å². The number of hydrogen-bond acceptors (Lipinski definition) is 6. The molecule has 3 rings (SSSR count). The van der Waals surface area contributed by atoms with E-state index in [1.165, 1.54) is 0 Å². The fourth-order valence-corrected chi connectivity index (χ4v) is 3.00. The predicted molar refractivity (Wildman–Crippen MR) is 80.6 cm³/mol. The molecule has 0 atom stereocenters. The molecule has 1 aliphatic carbocycles. The minimum atomic E-state index is -0.743. The summed E-state index contributed by atoms with van der Waals surface area (Å²) in [5.41, 5.74) is 6.76. The molecule has 0 bridgehead atoms. The van der Waals surface area contributed by atoms with Crippen LogP contribution in [0.2, 0.25) is 0 Å². The Morgan fingerprint density at radius 1 is 1.22 bits per heavy atom. The third-order valence-electron chi connectivity index (χ3n) is 4.30. The van der Waals surface area contributed by atoms with E-state index in [0.29, 0.717) is 29.4 Å².